The third kappa shape index (κ3) is 3.76. The first-order valence-electron chi connectivity index (χ1n) is 8.12. The first kappa shape index (κ1) is 16.1. The van der Waals surface area contributed by atoms with Crippen molar-refractivity contribution in [2.75, 3.05) is 0 Å². The molecule has 3 aromatic rings. The lowest BCUT2D eigenvalue weighted by Crippen LogP contribution is -2.35. The molecule has 6 heteroatoms. The van der Waals surface area contributed by atoms with Crippen molar-refractivity contribution in [3.05, 3.63) is 54.4 Å². The fourth-order valence-electron chi connectivity index (χ4n) is 2.78. The minimum Gasteiger partial charge on any atom is -0.353 e. The first-order chi connectivity index (χ1) is 11.6. The van der Waals surface area contributed by atoms with E-state index in [4.69, 9.17) is 0 Å². The lowest BCUT2D eigenvalue weighted by molar-refractivity contribution is -0.122. The molecule has 24 heavy (non-hydrogen) atoms. The van der Waals surface area contributed by atoms with Crippen molar-refractivity contribution in [2.45, 2.75) is 38.8 Å². The van der Waals surface area contributed by atoms with Crippen LogP contribution in [0.3, 0.4) is 0 Å². The normalized spacial score (nSPS) is 13.6. The summed E-state index contributed by atoms with van der Waals surface area (Å²) in [6.07, 6.45) is 2.84. The van der Waals surface area contributed by atoms with Gasteiger partial charge in [0.2, 0.25) is 5.91 Å². The molecule has 0 aliphatic heterocycles. The molecule has 3 rings (SSSR count). The number of fused-ring (bicyclic) bond motifs is 1. The van der Waals surface area contributed by atoms with Crippen LogP contribution < -0.4 is 5.32 Å². The number of hydrogen-bond acceptors (Lipinski definition) is 4. The summed E-state index contributed by atoms with van der Waals surface area (Å²) in [4.78, 5) is 16.6. The Morgan fingerprint density at radius 1 is 1.17 bits per heavy atom. The quantitative estimate of drug-likeness (QED) is 0.756. The molecule has 0 radical (unpaired) electrons. The minimum absolute atomic E-state index is 0.00510. The number of hydrogen-bond donors (Lipinski definition) is 1. The molecule has 0 aliphatic carbocycles. The van der Waals surface area contributed by atoms with Gasteiger partial charge in [-0.2, -0.15) is 0 Å². The number of benzene rings is 1. The Morgan fingerprint density at radius 2 is 1.96 bits per heavy atom. The van der Waals surface area contributed by atoms with E-state index in [1.807, 2.05) is 56.3 Å². The van der Waals surface area contributed by atoms with Crippen LogP contribution in [0, 0.1) is 0 Å². The number of rotatable bonds is 6. The molecular formula is C18H21N5O. The SMILES string of the molecule is C[C@H](Cc1ccccn1)NC(=O)C[C@@H](C)n1nnc2ccccc21. The fourth-order valence-corrected chi connectivity index (χ4v) is 2.78. The topological polar surface area (TPSA) is 72.7 Å². The van der Waals surface area contributed by atoms with Gasteiger partial charge in [-0.25, -0.2) is 4.68 Å². The molecule has 0 spiro atoms. The van der Waals surface area contributed by atoms with Gasteiger partial charge in [0.05, 0.1) is 11.6 Å². The number of carbonyl (C=O) groups excluding carboxylic acids is 1. The van der Waals surface area contributed by atoms with Gasteiger partial charge in [-0.05, 0) is 38.1 Å². The summed E-state index contributed by atoms with van der Waals surface area (Å²) in [6, 6.07) is 13.5. The van der Waals surface area contributed by atoms with Crippen LogP contribution in [0.5, 0.6) is 0 Å². The Balaban J connectivity index is 1.58. The molecule has 0 unspecified atom stereocenters. The monoisotopic (exact) mass is 323 g/mol. The fraction of sp³-hybridized carbons (Fsp3) is 0.333. The summed E-state index contributed by atoms with van der Waals surface area (Å²) >= 11 is 0. The van der Waals surface area contributed by atoms with Crippen molar-refractivity contribution in [3.8, 4) is 0 Å². The molecule has 6 nitrogen and oxygen atoms in total. The standard InChI is InChI=1S/C18H21N5O/c1-13(11-15-7-5-6-10-19-15)20-18(24)12-14(2)23-17-9-4-3-8-16(17)21-22-23/h3-10,13-14H,11-12H2,1-2H3,(H,20,24)/t13-,14-/m1/s1. The molecule has 2 heterocycles. The smallest absolute Gasteiger partial charge is 0.222 e. The lowest BCUT2D eigenvalue weighted by Gasteiger charge is -2.16. The summed E-state index contributed by atoms with van der Waals surface area (Å²) < 4.78 is 1.80. The van der Waals surface area contributed by atoms with Gasteiger partial charge < -0.3 is 5.32 Å². The van der Waals surface area contributed by atoms with Crippen molar-refractivity contribution in [2.24, 2.45) is 0 Å². The Labute approximate surface area is 140 Å². The van der Waals surface area contributed by atoms with E-state index in [-0.39, 0.29) is 18.0 Å². The van der Waals surface area contributed by atoms with Crippen molar-refractivity contribution < 1.29 is 4.79 Å². The van der Waals surface area contributed by atoms with Gasteiger partial charge in [-0.3, -0.25) is 9.78 Å². The summed E-state index contributed by atoms with van der Waals surface area (Å²) in [6.45, 7) is 3.96. The van der Waals surface area contributed by atoms with Gasteiger partial charge in [0, 0.05) is 30.8 Å². The van der Waals surface area contributed by atoms with E-state index < -0.39 is 0 Å². The number of nitrogens with one attached hydrogen (secondary N) is 1. The van der Waals surface area contributed by atoms with Crippen molar-refractivity contribution >= 4 is 16.9 Å². The number of carbonyl (C=O) groups is 1. The van der Waals surface area contributed by atoms with Gasteiger partial charge in [0.25, 0.3) is 0 Å². The van der Waals surface area contributed by atoms with Gasteiger partial charge in [0.15, 0.2) is 0 Å². The van der Waals surface area contributed by atoms with E-state index in [0.717, 1.165) is 16.7 Å². The van der Waals surface area contributed by atoms with E-state index in [2.05, 4.69) is 20.6 Å². The molecule has 2 aromatic heterocycles. The Bertz CT molecular complexity index is 814. The highest BCUT2D eigenvalue weighted by molar-refractivity contribution is 5.77. The predicted molar refractivity (Wildman–Crippen MR) is 92.4 cm³/mol. The van der Waals surface area contributed by atoms with E-state index in [9.17, 15) is 4.79 Å². The van der Waals surface area contributed by atoms with Gasteiger partial charge in [-0.1, -0.05) is 23.4 Å². The van der Waals surface area contributed by atoms with Crippen LogP contribution in [0.4, 0.5) is 0 Å². The molecule has 1 N–H and O–H groups in total. The van der Waals surface area contributed by atoms with E-state index in [1.165, 1.54) is 0 Å². The lowest BCUT2D eigenvalue weighted by atomic mass is 10.1. The van der Waals surface area contributed by atoms with Crippen LogP contribution in [0.2, 0.25) is 0 Å². The maximum Gasteiger partial charge on any atom is 0.222 e. The Hall–Kier alpha value is -2.76. The number of para-hydroxylation sites is 1. The second kappa shape index (κ2) is 7.21. The number of pyridine rings is 1. The molecule has 124 valence electrons. The van der Waals surface area contributed by atoms with E-state index in [1.54, 1.807) is 10.9 Å². The molecular weight excluding hydrogens is 302 g/mol. The number of nitrogens with zero attached hydrogens (tertiary/aromatic N) is 4. The molecule has 1 amide bonds. The predicted octanol–water partition coefficient (Wildman–Crippen LogP) is 2.52. The van der Waals surface area contributed by atoms with Crippen molar-refractivity contribution in [1.29, 1.82) is 0 Å². The Kier molecular flexibility index (Phi) is 4.84. The highest BCUT2D eigenvalue weighted by Crippen LogP contribution is 2.17. The van der Waals surface area contributed by atoms with Crippen LogP contribution in [-0.4, -0.2) is 31.9 Å². The average molecular weight is 323 g/mol. The molecule has 0 fully saturated rings. The van der Waals surface area contributed by atoms with Gasteiger partial charge in [-0.15, -0.1) is 5.10 Å². The largest absolute Gasteiger partial charge is 0.353 e. The number of aromatic nitrogens is 4. The zero-order chi connectivity index (χ0) is 16.9. The van der Waals surface area contributed by atoms with Crippen LogP contribution in [0.15, 0.2) is 48.7 Å². The summed E-state index contributed by atoms with van der Waals surface area (Å²) in [5.74, 6) is 0.00510. The Morgan fingerprint density at radius 3 is 2.75 bits per heavy atom. The third-order valence-corrected chi connectivity index (χ3v) is 3.92. The minimum atomic E-state index is -0.0561. The summed E-state index contributed by atoms with van der Waals surface area (Å²) in [5, 5.41) is 11.3. The van der Waals surface area contributed by atoms with Crippen molar-refractivity contribution in [3.63, 3.8) is 0 Å². The highest BCUT2D eigenvalue weighted by atomic mass is 16.1. The van der Waals surface area contributed by atoms with Crippen molar-refractivity contribution in [1.82, 2.24) is 25.3 Å². The van der Waals surface area contributed by atoms with Gasteiger partial charge in [0.1, 0.15) is 5.52 Å². The second-order valence-electron chi connectivity index (χ2n) is 6.07. The molecule has 0 saturated carbocycles. The zero-order valence-electron chi connectivity index (χ0n) is 13.9. The summed E-state index contributed by atoms with van der Waals surface area (Å²) in [7, 11) is 0. The molecule has 0 aliphatic rings. The molecule has 0 bridgehead atoms. The maximum atomic E-state index is 12.3. The van der Waals surface area contributed by atoms with E-state index >= 15 is 0 Å². The van der Waals surface area contributed by atoms with Crippen LogP contribution in [0.1, 0.15) is 32.0 Å². The first-order valence-corrected chi connectivity index (χ1v) is 8.12. The third-order valence-electron chi connectivity index (χ3n) is 3.92. The second-order valence-corrected chi connectivity index (χ2v) is 6.07. The molecule has 0 saturated heterocycles. The van der Waals surface area contributed by atoms with Crippen LogP contribution in [-0.2, 0) is 11.2 Å². The zero-order valence-corrected chi connectivity index (χ0v) is 13.9. The number of amides is 1. The van der Waals surface area contributed by atoms with Crippen LogP contribution >= 0.6 is 0 Å². The maximum absolute atomic E-state index is 12.3. The average Bonchev–Trinajstić information content (AvgIpc) is 2.99. The molecule has 2 atom stereocenters. The highest BCUT2D eigenvalue weighted by Gasteiger charge is 2.16. The van der Waals surface area contributed by atoms with Gasteiger partial charge >= 0.3 is 0 Å². The van der Waals surface area contributed by atoms with E-state index in [0.29, 0.717) is 12.8 Å². The molecule has 1 aromatic carbocycles. The van der Waals surface area contributed by atoms with Crippen LogP contribution in [0.25, 0.3) is 11.0 Å². The summed E-state index contributed by atoms with van der Waals surface area (Å²) in [5.41, 5.74) is 2.76.